The highest BCUT2D eigenvalue weighted by Crippen LogP contribution is 2.30. The smallest absolute Gasteiger partial charge is 0.251 e. The van der Waals surface area contributed by atoms with E-state index < -0.39 is 9.71 Å². The summed E-state index contributed by atoms with van der Waals surface area (Å²) in [6.45, 7) is 4.13. The molecule has 0 spiro atoms. The first-order chi connectivity index (χ1) is 17.2. The van der Waals surface area contributed by atoms with Crippen LogP contribution in [0.15, 0.2) is 60.4 Å². The molecule has 7 nitrogen and oxygen atoms in total. The Morgan fingerprint density at radius 3 is 2.61 bits per heavy atom. The van der Waals surface area contributed by atoms with Crippen LogP contribution in [0.3, 0.4) is 0 Å². The van der Waals surface area contributed by atoms with E-state index in [1.54, 1.807) is 65.2 Å². The molecule has 0 saturated carbocycles. The van der Waals surface area contributed by atoms with E-state index in [0.29, 0.717) is 24.4 Å². The van der Waals surface area contributed by atoms with Crippen LogP contribution in [0, 0.1) is 5.82 Å². The molecule has 0 saturated heterocycles. The molecule has 36 heavy (non-hydrogen) atoms. The molecule has 3 aromatic rings. The summed E-state index contributed by atoms with van der Waals surface area (Å²) in [7, 11) is -0.533. The molecule has 1 N–H and O–H groups in total. The van der Waals surface area contributed by atoms with Gasteiger partial charge in [0.2, 0.25) is 0 Å². The summed E-state index contributed by atoms with van der Waals surface area (Å²) in [5, 5.41) is 9.14. The first kappa shape index (κ1) is 25.4. The zero-order valence-corrected chi connectivity index (χ0v) is 21.7. The van der Waals surface area contributed by atoms with Crippen molar-refractivity contribution >= 4 is 38.4 Å². The molecule has 0 bridgehead atoms. The Morgan fingerprint density at radius 2 is 1.97 bits per heavy atom. The number of aromatic nitrogens is 3. The monoisotopic (exact) mass is 507 g/mol. The molecule has 0 radical (unpaired) electrons. The average Bonchev–Trinajstić information content (AvgIpc) is 3.20. The second-order valence-corrected chi connectivity index (χ2v) is 11.4. The number of hydrogen-bond donors (Lipinski definition) is 1. The number of carbonyl (C=O) groups excluding carboxylic acids is 1. The van der Waals surface area contributed by atoms with E-state index in [0.717, 1.165) is 28.9 Å². The van der Waals surface area contributed by atoms with Crippen molar-refractivity contribution in [1.29, 1.82) is 0 Å². The van der Waals surface area contributed by atoms with Gasteiger partial charge in [-0.25, -0.2) is 18.3 Å². The summed E-state index contributed by atoms with van der Waals surface area (Å²) < 4.78 is 29.4. The fraction of sp³-hybridized carbons (Fsp3) is 0.259. The van der Waals surface area contributed by atoms with Gasteiger partial charge in [-0.3, -0.25) is 9.10 Å². The summed E-state index contributed by atoms with van der Waals surface area (Å²) in [5.41, 5.74) is 4.78. The van der Waals surface area contributed by atoms with E-state index in [1.165, 1.54) is 17.7 Å². The van der Waals surface area contributed by atoms with Gasteiger partial charge in [0.15, 0.2) is 0 Å². The Morgan fingerprint density at radius 1 is 1.22 bits per heavy atom. The minimum Gasteiger partial charge on any atom is -0.348 e. The molecule has 1 amide bonds. The van der Waals surface area contributed by atoms with Gasteiger partial charge < -0.3 is 5.32 Å². The molecule has 0 aliphatic heterocycles. The van der Waals surface area contributed by atoms with Crippen LogP contribution >= 0.6 is 0 Å². The lowest BCUT2D eigenvalue weighted by Gasteiger charge is -2.20. The first-order valence-electron chi connectivity index (χ1n) is 11.7. The standard InChI is InChI=1S/C27H30FN5O2S/c1-5-19-7-13-23(24-18-31-33(25(24)15-19)22-11-9-21(28)10-12-22)27(34)30-17-20-8-14-26(29-16-20)32(3)36(4,35)6-2/h6,8-16,18H,5,7,17H2,1-4H3,(H,30,34). The van der Waals surface area contributed by atoms with Crippen LogP contribution in [-0.2, 0) is 21.0 Å². The summed E-state index contributed by atoms with van der Waals surface area (Å²) in [6, 6.07) is 9.77. The predicted molar refractivity (Wildman–Crippen MR) is 145 cm³/mol. The number of fused-ring (bicyclic) bond motifs is 1. The third-order valence-electron chi connectivity index (χ3n) is 6.34. The highest BCUT2D eigenvalue weighted by atomic mass is 32.2. The van der Waals surface area contributed by atoms with Gasteiger partial charge in [0.1, 0.15) is 11.6 Å². The summed E-state index contributed by atoms with van der Waals surface area (Å²) >= 11 is 0. The Kier molecular flexibility index (Phi) is 7.40. The lowest BCUT2D eigenvalue weighted by Crippen LogP contribution is -2.27. The number of pyridine rings is 1. The summed E-state index contributed by atoms with van der Waals surface area (Å²) in [5.74, 6) is 0.0695. The van der Waals surface area contributed by atoms with Gasteiger partial charge in [0, 0.05) is 46.9 Å². The van der Waals surface area contributed by atoms with Gasteiger partial charge in [0.25, 0.3) is 5.91 Å². The second-order valence-electron chi connectivity index (χ2n) is 8.61. The first-order valence-corrected chi connectivity index (χ1v) is 13.7. The van der Waals surface area contributed by atoms with E-state index in [9.17, 15) is 13.4 Å². The number of allylic oxidation sites excluding steroid dienone is 2. The minimum absolute atomic E-state index is 0.209. The van der Waals surface area contributed by atoms with E-state index >= 15 is 0 Å². The lowest BCUT2D eigenvalue weighted by molar-refractivity contribution is -0.115. The molecule has 188 valence electrons. The third kappa shape index (κ3) is 5.26. The summed E-state index contributed by atoms with van der Waals surface area (Å²) in [4.78, 5) is 17.7. The molecule has 1 atom stereocenters. The van der Waals surface area contributed by atoms with Crippen molar-refractivity contribution in [1.82, 2.24) is 20.1 Å². The number of benzene rings is 1. The van der Waals surface area contributed by atoms with Crippen molar-refractivity contribution < 1.29 is 13.4 Å². The molecule has 1 aromatic carbocycles. The van der Waals surface area contributed by atoms with Crippen LogP contribution in [0.4, 0.5) is 10.2 Å². The van der Waals surface area contributed by atoms with Gasteiger partial charge in [-0.1, -0.05) is 24.6 Å². The molecular weight excluding hydrogens is 477 g/mol. The number of amides is 1. The molecule has 9 heteroatoms. The topological polar surface area (TPSA) is 80.1 Å². The highest BCUT2D eigenvalue weighted by molar-refractivity contribution is 8.01. The van der Waals surface area contributed by atoms with Gasteiger partial charge in [-0.2, -0.15) is 5.10 Å². The van der Waals surface area contributed by atoms with Crippen molar-refractivity contribution in [2.24, 2.45) is 0 Å². The minimum atomic E-state index is -2.28. The van der Waals surface area contributed by atoms with Crippen LogP contribution in [0.5, 0.6) is 0 Å². The van der Waals surface area contributed by atoms with Crippen LogP contribution in [0.2, 0.25) is 0 Å². The molecule has 1 aliphatic carbocycles. The SMILES string of the molecule is CC=S(C)(=O)N(C)c1ccc(CNC(=O)C2=CCC(CC)=Cc3c2cnn3-c2ccc(F)cc2)cn1. The van der Waals surface area contributed by atoms with Crippen LogP contribution < -0.4 is 9.62 Å². The van der Waals surface area contributed by atoms with Crippen molar-refractivity contribution in [3.8, 4) is 5.69 Å². The van der Waals surface area contributed by atoms with E-state index in [-0.39, 0.29) is 11.7 Å². The number of nitrogens with one attached hydrogen (secondary N) is 1. The van der Waals surface area contributed by atoms with Gasteiger partial charge in [-0.05, 0) is 67.1 Å². The van der Waals surface area contributed by atoms with Crippen LogP contribution in [0.25, 0.3) is 17.3 Å². The normalized spacial score (nSPS) is 14.6. The molecule has 1 aliphatic rings. The average molecular weight is 508 g/mol. The molecule has 4 rings (SSSR count). The Bertz CT molecular complexity index is 1450. The number of anilines is 1. The van der Waals surface area contributed by atoms with Crippen molar-refractivity contribution in [3.05, 3.63) is 83.1 Å². The van der Waals surface area contributed by atoms with Crippen LogP contribution in [0.1, 0.15) is 43.5 Å². The van der Waals surface area contributed by atoms with Gasteiger partial charge in [-0.15, -0.1) is 0 Å². The van der Waals surface area contributed by atoms with E-state index in [4.69, 9.17) is 0 Å². The number of halogens is 1. The van der Waals surface area contributed by atoms with Crippen molar-refractivity contribution in [3.63, 3.8) is 0 Å². The molecule has 2 aromatic heterocycles. The Labute approximate surface area is 211 Å². The number of rotatable bonds is 7. The van der Waals surface area contributed by atoms with Crippen molar-refractivity contribution in [2.45, 2.75) is 33.2 Å². The fourth-order valence-electron chi connectivity index (χ4n) is 3.88. The molecular formula is C27H30FN5O2S. The lowest BCUT2D eigenvalue weighted by atomic mass is 10.1. The quantitative estimate of drug-likeness (QED) is 0.481. The zero-order chi connectivity index (χ0) is 25.9. The maximum Gasteiger partial charge on any atom is 0.251 e. The number of nitrogens with zero attached hydrogens (tertiary/aromatic N) is 4. The molecule has 1 unspecified atom stereocenters. The second kappa shape index (κ2) is 10.5. The maximum atomic E-state index is 13.4. The maximum absolute atomic E-state index is 13.4. The Balaban J connectivity index is 1.54. The highest BCUT2D eigenvalue weighted by Gasteiger charge is 2.22. The predicted octanol–water partition coefficient (Wildman–Crippen LogP) is 4.39. The largest absolute Gasteiger partial charge is 0.348 e. The van der Waals surface area contributed by atoms with Crippen molar-refractivity contribution in [2.75, 3.05) is 17.6 Å². The van der Waals surface area contributed by atoms with Gasteiger partial charge >= 0.3 is 0 Å². The number of hydrogen-bond acceptors (Lipinski definition) is 4. The zero-order valence-electron chi connectivity index (χ0n) is 20.9. The third-order valence-corrected chi connectivity index (χ3v) is 8.49. The van der Waals surface area contributed by atoms with Crippen LogP contribution in [-0.4, -0.2) is 43.6 Å². The van der Waals surface area contributed by atoms with E-state index in [2.05, 4.69) is 28.4 Å². The fourth-order valence-corrected chi connectivity index (χ4v) is 4.67. The Hall–Kier alpha value is -3.72. The molecule has 0 fully saturated rings. The number of carbonyl (C=O) groups is 1. The van der Waals surface area contributed by atoms with Gasteiger partial charge in [0.05, 0.1) is 17.6 Å². The summed E-state index contributed by atoms with van der Waals surface area (Å²) in [6.07, 6.45) is 10.5. The molecule has 2 heterocycles. The van der Waals surface area contributed by atoms with E-state index in [1.807, 2.05) is 12.1 Å².